The lowest BCUT2D eigenvalue weighted by Gasteiger charge is -2.42. The van der Waals surface area contributed by atoms with Crippen LogP contribution in [-0.2, 0) is 10.8 Å². The molecule has 0 aliphatic carbocycles. The number of halogens is 1. The maximum atomic E-state index is 11.2. The highest BCUT2D eigenvalue weighted by molar-refractivity contribution is 7.16. The summed E-state index contributed by atoms with van der Waals surface area (Å²) < 4.78 is 0. The fourth-order valence-corrected chi connectivity index (χ4v) is 7.58. The van der Waals surface area contributed by atoms with Crippen LogP contribution in [0.4, 0.5) is 22.2 Å². The second kappa shape index (κ2) is 10.5. The summed E-state index contributed by atoms with van der Waals surface area (Å²) in [6, 6.07) is 14.3. The van der Waals surface area contributed by atoms with Gasteiger partial charge in [-0.25, -0.2) is 4.98 Å². The Kier molecular flexibility index (Phi) is 7.50. The number of nitrogens with zero attached hydrogens (tertiary/aromatic N) is 3. The number of nitrogens with two attached hydrogens (primary N) is 1. The van der Waals surface area contributed by atoms with Gasteiger partial charge in [0.25, 0.3) is 0 Å². The number of para-hydroxylation sites is 2. The summed E-state index contributed by atoms with van der Waals surface area (Å²) in [5.41, 5.74) is 10.2. The van der Waals surface area contributed by atoms with E-state index in [9.17, 15) is 5.11 Å². The van der Waals surface area contributed by atoms with Gasteiger partial charge in [0, 0.05) is 40.5 Å². The molecule has 0 saturated carbocycles. The summed E-state index contributed by atoms with van der Waals surface area (Å²) in [4.78, 5) is 10.6. The van der Waals surface area contributed by atoms with Crippen molar-refractivity contribution in [3.63, 3.8) is 0 Å². The van der Waals surface area contributed by atoms with Crippen LogP contribution in [0.25, 0.3) is 0 Å². The second-order valence-corrected chi connectivity index (χ2v) is 14.8. The van der Waals surface area contributed by atoms with Gasteiger partial charge in [0.2, 0.25) is 0 Å². The van der Waals surface area contributed by atoms with E-state index in [-0.39, 0.29) is 22.0 Å². The number of nitrogens with one attached hydrogen (secondary N) is 1. The van der Waals surface area contributed by atoms with Crippen LogP contribution in [-0.4, -0.2) is 41.2 Å². The lowest BCUT2D eigenvalue weighted by atomic mass is 9.74. The Morgan fingerprint density at radius 2 is 1.80 bits per heavy atom. The van der Waals surface area contributed by atoms with Crippen LogP contribution >= 0.6 is 22.9 Å². The number of phenols is 1. The van der Waals surface area contributed by atoms with Crippen molar-refractivity contribution in [2.75, 3.05) is 36.4 Å². The van der Waals surface area contributed by atoms with E-state index in [4.69, 9.17) is 22.3 Å². The van der Waals surface area contributed by atoms with Gasteiger partial charge in [-0.15, -0.1) is 0 Å². The van der Waals surface area contributed by atoms with Crippen LogP contribution in [0.1, 0.15) is 70.5 Å². The number of phenolic OH excluding ortho intramolecular Hbond substituents is 1. The molecule has 40 heavy (non-hydrogen) atoms. The highest BCUT2D eigenvalue weighted by Gasteiger charge is 2.48. The molecule has 0 bridgehead atoms. The summed E-state index contributed by atoms with van der Waals surface area (Å²) in [5, 5.41) is 16.3. The normalized spacial score (nSPS) is 17.0. The van der Waals surface area contributed by atoms with Crippen LogP contribution in [0.2, 0.25) is 5.02 Å². The highest BCUT2D eigenvalue weighted by atomic mass is 35.5. The topological polar surface area (TPSA) is 77.7 Å². The zero-order valence-corrected chi connectivity index (χ0v) is 25.9. The summed E-state index contributed by atoms with van der Waals surface area (Å²) in [6.45, 7) is 17.1. The minimum absolute atomic E-state index is 0.128. The van der Waals surface area contributed by atoms with Gasteiger partial charge in [-0.3, -0.25) is 0 Å². The zero-order valence-electron chi connectivity index (χ0n) is 24.4. The summed E-state index contributed by atoms with van der Waals surface area (Å²) in [7, 11) is 0. The molecule has 5 rings (SSSR count). The number of hydrogen-bond donors (Lipinski definition) is 3. The Bertz CT molecular complexity index is 1470. The third-order valence-corrected chi connectivity index (χ3v) is 9.04. The quantitative estimate of drug-likeness (QED) is 0.222. The van der Waals surface area contributed by atoms with Gasteiger partial charge in [-0.05, 0) is 61.5 Å². The molecule has 3 heterocycles. The smallest absolute Gasteiger partial charge is 0.188 e. The van der Waals surface area contributed by atoms with Gasteiger partial charge in [0.05, 0.1) is 22.8 Å². The standard InChI is InChI=1S/C32H40ClN5OS/c1-30(2,3)19-37-17-14-32(15-18-37)20-38(27-24(39)12-11-21(33)26(27)32)23-10-8-7-9-22(23)35-29-36-28(31(4,5)6)25(40-29)13-16-34/h7-12,39H,14-15,17-20,34H2,1-6H3,(H,35,36). The van der Waals surface area contributed by atoms with E-state index < -0.39 is 0 Å². The van der Waals surface area contributed by atoms with E-state index in [1.807, 2.05) is 18.2 Å². The van der Waals surface area contributed by atoms with Crippen molar-refractivity contribution in [1.29, 1.82) is 0 Å². The second-order valence-electron chi connectivity index (χ2n) is 13.4. The minimum atomic E-state index is -0.167. The molecule has 0 unspecified atom stereocenters. The first-order valence-electron chi connectivity index (χ1n) is 13.9. The van der Waals surface area contributed by atoms with Gasteiger partial charge in [-0.2, -0.15) is 0 Å². The van der Waals surface area contributed by atoms with Crippen molar-refractivity contribution in [3.05, 3.63) is 57.6 Å². The number of anilines is 4. The number of benzene rings is 2. The molecule has 212 valence electrons. The van der Waals surface area contributed by atoms with E-state index in [0.717, 1.165) is 82.4 Å². The van der Waals surface area contributed by atoms with Gasteiger partial charge in [0.15, 0.2) is 5.13 Å². The monoisotopic (exact) mass is 577 g/mol. The number of rotatable bonds is 4. The number of fused-ring (bicyclic) bond motifs is 2. The molecule has 1 spiro atoms. The van der Waals surface area contributed by atoms with Crippen LogP contribution < -0.4 is 16.0 Å². The molecule has 2 aliphatic heterocycles. The minimum Gasteiger partial charge on any atom is -0.506 e. The molecule has 0 amide bonds. The molecule has 1 aromatic heterocycles. The molecule has 1 fully saturated rings. The first kappa shape index (κ1) is 28.6. The Labute approximate surface area is 247 Å². The van der Waals surface area contributed by atoms with Gasteiger partial charge >= 0.3 is 0 Å². The summed E-state index contributed by atoms with van der Waals surface area (Å²) in [6.07, 6.45) is 1.99. The van der Waals surface area contributed by atoms with E-state index in [1.165, 1.54) is 11.3 Å². The third-order valence-electron chi connectivity index (χ3n) is 7.84. The van der Waals surface area contributed by atoms with E-state index in [2.05, 4.69) is 80.8 Å². The Hall–Kier alpha value is -2.92. The molecule has 0 radical (unpaired) electrons. The van der Waals surface area contributed by atoms with E-state index >= 15 is 0 Å². The van der Waals surface area contributed by atoms with Crippen molar-refractivity contribution in [2.45, 2.75) is 65.2 Å². The van der Waals surface area contributed by atoms with Gasteiger partial charge in [0.1, 0.15) is 10.6 Å². The first-order valence-corrected chi connectivity index (χ1v) is 15.1. The Morgan fingerprint density at radius 1 is 1.10 bits per heavy atom. The molecule has 2 aromatic carbocycles. The van der Waals surface area contributed by atoms with E-state index in [1.54, 1.807) is 6.07 Å². The van der Waals surface area contributed by atoms with Crippen molar-refractivity contribution in [3.8, 4) is 17.7 Å². The summed E-state index contributed by atoms with van der Waals surface area (Å²) in [5.74, 6) is 3.28. The maximum Gasteiger partial charge on any atom is 0.188 e. The van der Waals surface area contributed by atoms with Crippen LogP contribution in [0.5, 0.6) is 5.75 Å². The number of piperidine rings is 1. The Balaban J connectivity index is 1.52. The maximum absolute atomic E-state index is 11.2. The van der Waals surface area contributed by atoms with Gasteiger partial charge < -0.3 is 26.0 Å². The van der Waals surface area contributed by atoms with Crippen LogP contribution in [0.15, 0.2) is 36.4 Å². The molecule has 4 N–H and O–H groups in total. The fraction of sp³-hybridized carbons (Fsp3) is 0.469. The molecule has 1 saturated heterocycles. The lowest BCUT2D eigenvalue weighted by Crippen LogP contribution is -2.46. The van der Waals surface area contributed by atoms with Crippen LogP contribution in [0, 0.1) is 17.4 Å². The number of thiazole rings is 1. The zero-order chi connectivity index (χ0) is 28.9. The van der Waals surface area contributed by atoms with Crippen molar-refractivity contribution in [1.82, 2.24) is 9.88 Å². The molecular weight excluding hydrogens is 538 g/mol. The SMILES string of the molecule is CC(C)(C)CN1CCC2(CC1)CN(c1ccccc1Nc1nc(C(C)(C)C)c(C#CN)s1)c1c(O)ccc(Cl)c12. The van der Waals surface area contributed by atoms with Crippen molar-refractivity contribution >= 4 is 45.1 Å². The molecule has 3 aromatic rings. The number of hydrogen-bond acceptors (Lipinski definition) is 7. The summed E-state index contributed by atoms with van der Waals surface area (Å²) >= 11 is 8.43. The van der Waals surface area contributed by atoms with Crippen molar-refractivity contribution in [2.24, 2.45) is 11.1 Å². The number of likely N-dealkylation sites (tertiary alicyclic amines) is 1. The molecule has 6 nitrogen and oxygen atoms in total. The molecular formula is C32H40ClN5OS. The lowest BCUT2D eigenvalue weighted by molar-refractivity contribution is 0.125. The number of aromatic nitrogens is 1. The average molecular weight is 578 g/mol. The largest absolute Gasteiger partial charge is 0.506 e. The first-order chi connectivity index (χ1) is 18.8. The predicted molar refractivity (Wildman–Crippen MR) is 169 cm³/mol. The molecule has 0 atom stereocenters. The molecule has 8 heteroatoms. The molecule has 2 aliphatic rings. The highest BCUT2D eigenvalue weighted by Crippen LogP contribution is 2.56. The van der Waals surface area contributed by atoms with Crippen molar-refractivity contribution < 1.29 is 5.11 Å². The number of aromatic hydroxyl groups is 1. The third kappa shape index (κ3) is 5.50. The average Bonchev–Trinajstić information content (AvgIpc) is 3.43. The van der Waals surface area contributed by atoms with E-state index in [0.29, 0.717) is 0 Å². The fourth-order valence-electron chi connectivity index (χ4n) is 6.18. The van der Waals surface area contributed by atoms with Crippen LogP contribution in [0.3, 0.4) is 0 Å². The van der Waals surface area contributed by atoms with Gasteiger partial charge in [-0.1, -0.05) is 76.6 Å². The predicted octanol–water partition coefficient (Wildman–Crippen LogP) is 7.34. The Morgan fingerprint density at radius 3 is 2.45 bits per heavy atom.